The van der Waals surface area contributed by atoms with Crippen LogP contribution in [0.2, 0.25) is 0 Å². The van der Waals surface area contributed by atoms with Gasteiger partial charge in [-0.2, -0.15) is 10.2 Å². The smallest absolute Gasteiger partial charge is 0.343 e. The number of amides is 5. The SMILES string of the molecule is CC.CC.CC.CC.CC.CC.CC.CC(=O)O.CC(C)(C)C(=O)NCCN1CCOCC1.CC(C)(C)N1CCCC1=O.CC(C)(C)N1CCNC1=O.CC(C)(C)c1ccn[nH]1.CC(C)(C)n1cc[nH]c1=O.CC(C)(C)n1cn[nH]c1=O.CC1=CC(C(C)(C)C)=NC1.CC=O.CNC(=O)C(C)(C)C.CNc1nnc(C(C)(C)C)s1. The minimum absolute atomic E-state index is 0.0272. The lowest BCUT2D eigenvalue weighted by atomic mass is 9.90. The molecule has 0 aromatic carbocycles. The van der Waals surface area contributed by atoms with Crippen LogP contribution in [0.1, 0.15) is 328 Å². The number of carboxylic acid groups (broad SMARTS) is 1. The molecule has 4 aromatic rings. The molecule has 0 spiro atoms. The summed E-state index contributed by atoms with van der Waals surface area (Å²) in [6, 6.07) is 2.06. The number of carbonyl (C=O) groups excluding carboxylic acids is 5. The summed E-state index contributed by atoms with van der Waals surface area (Å²) in [5.74, 6) is -0.319. The molecule has 28 heteroatoms. The number of aliphatic carboxylic acids is 1. The molecule has 3 saturated heterocycles. The number of hydrogen-bond acceptors (Lipinski definition) is 17. The van der Waals surface area contributed by atoms with E-state index >= 15 is 0 Å². The molecule has 4 aromatic heterocycles. The van der Waals surface area contributed by atoms with Crippen LogP contribution in [0, 0.1) is 16.2 Å². The number of nitrogens with zero attached hydrogens (tertiary/aromatic N) is 10. The summed E-state index contributed by atoms with van der Waals surface area (Å²) in [6.07, 6.45) is 11.4. The Morgan fingerprint density at radius 1 is 0.596 bits per heavy atom. The highest BCUT2D eigenvalue weighted by Crippen LogP contribution is 2.28. The summed E-state index contributed by atoms with van der Waals surface area (Å²) in [7, 11) is 3.50. The average Bonchev–Trinajstić information content (AvgIpc) is 1.72. The van der Waals surface area contributed by atoms with E-state index in [1.807, 2.05) is 224 Å². The second-order valence-corrected chi connectivity index (χ2v) is 34.0. The lowest BCUT2D eigenvalue weighted by Gasteiger charge is -2.31. The highest BCUT2D eigenvalue weighted by molar-refractivity contribution is 7.15. The number of carboxylic acids is 1. The molecule has 8 heterocycles. The molecule has 0 unspecified atom stereocenters. The van der Waals surface area contributed by atoms with E-state index in [-0.39, 0.29) is 78.5 Å². The number of aliphatic imine (C=N–C) groups is 1. The third kappa shape index (κ3) is 66.9. The minimum Gasteiger partial charge on any atom is -0.481 e. The number of H-pyrrole nitrogens is 3. The Morgan fingerprint density at radius 2 is 1.05 bits per heavy atom. The summed E-state index contributed by atoms with van der Waals surface area (Å²) in [4.78, 5) is 97.2. The Labute approximate surface area is 699 Å². The van der Waals surface area contributed by atoms with Crippen molar-refractivity contribution >= 4 is 58.2 Å². The van der Waals surface area contributed by atoms with Gasteiger partial charge in [-0.15, -0.1) is 10.2 Å². The molecule has 114 heavy (non-hydrogen) atoms. The van der Waals surface area contributed by atoms with Gasteiger partial charge in [0.05, 0.1) is 19.8 Å². The van der Waals surface area contributed by atoms with E-state index < -0.39 is 5.97 Å². The summed E-state index contributed by atoms with van der Waals surface area (Å²) in [5.41, 5.74) is 3.34. The Bertz CT molecular complexity index is 3070. The molecule has 0 radical (unpaired) electrons. The van der Waals surface area contributed by atoms with Gasteiger partial charge < -0.3 is 50.7 Å². The van der Waals surface area contributed by atoms with Crippen LogP contribution in [0.5, 0.6) is 0 Å². The van der Waals surface area contributed by atoms with Crippen molar-refractivity contribution in [2.24, 2.45) is 21.2 Å². The molecule has 8 N–H and O–H groups in total. The second kappa shape index (κ2) is 67.8. The van der Waals surface area contributed by atoms with E-state index in [1.165, 1.54) is 30.2 Å². The number of hydrogen-bond donors (Lipinski definition) is 8. The van der Waals surface area contributed by atoms with Crippen molar-refractivity contribution in [3.8, 4) is 0 Å². The number of rotatable bonds is 4. The number of likely N-dealkylation sites (tertiary alicyclic amines) is 1. The second-order valence-electron chi connectivity index (χ2n) is 33.0. The summed E-state index contributed by atoms with van der Waals surface area (Å²) < 4.78 is 8.46. The fourth-order valence-electron chi connectivity index (χ4n) is 8.13. The van der Waals surface area contributed by atoms with Gasteiger partial charge in [-0.05, 0) is 115 Å². The number of allylic oxidation sites excluding steroid dienone is 1. The first kappa shape index (κ1) is 127. The number of imidazole rings is 1. The number of morpholine rings is 1. The summed E-state index contributed by atoms with van der Waals surface area (Å²) >= 11 is 1.61. The maximum Gasteiger partial charge on any atom is 0.343 e. The van der Waals surface area contributed by atoms with E-state index in [0.717, 1.165) is 102 Å². The van der Waals surface area contributed by atoms with Crippen LogP contribution in [0.3, 0.4) is 0 Å². The standard InChI is InChI=1S/C11H22N2O2.C9H15N.C8H15NO.C7H13N3S.C7H14N2O.C7H12N2O.C7H12N2.C6H11N3O.C6H13NO.C2H4O2.C2H4O.7C2H6/c1-11(2,3)10(14)12-4-5-13-6-8-15-9-7-13;1-7-5-8(10-6-7)9(2,3)4;1-8(2,3)9-6-4-5-7(9)10;1-7(2,3)5-9-10-6(8-4)11-5;2*1-7(2,3)9-5-4-8-6(9)10;1-7(2,3)6-4-5-8-9-6;1-6(2,3)9-4-7-8-5(9)10;1-6(2,3)5(8)7-4;1-2(3)4;1-2-3;7*1-2/h4-9H2,1-3H3,(H,12,14);5H,6H2,1-4H3;4-6H2,1-3H3;1-4H3,(H,8,10);4-5H2,1-3H3,(H,8,10);4-5H,1-3H3,(H,8,10);4-5H,1-3H3,(H,8,9);4H,1-3H3,(H,8,10);1-4H3,(H,7,8);1H3,(H,3,4);2H,1H3;7*1-2H3. The molecule has 0 aliphatic carbocycles. The zero-order chi connectivity index (χ0) is 92.6. The predicted molar refractivity (Wildman–Crippen MR) is 487 cm³/mol. The fraction of sp³-hybridized carbons (Fsp3) is 0.779. The number of aromatic nitrogens is 9. The number of aromatic amines is 3. The highest BCUT2D eigenvalue weighted by Gasteiger charge is 2.31. The Balaban J connectivity index is -0.000000130. The molecule has 0 atom stereocenters. The Kier molecular flexibility index (Phi) is 75.8. The molecular formula is C86H177N17O10S. The highest BCUT2D eigenvalue weighted by atomic mass is 32.1. The largest absolute Gasteiger partial charge is 0.481 e. The third-order valence-corrected chi connectivity index (χ3v) is 15.2. The summed E-state index contributed by atoms with van der Waals surface area (Å²) in [6.45, 7) is 96.4. The van der Waals surface area contributed by atoms with Crippen molar-refractivity contribution < 1.29 is 38.6 Å². The predicted octanol–water partition coefficient (Wildman–Crippen LogP) is 18.2. The van der Waals surface area contributed by atoms with Crippen molar-refractivity contribution in [2.75, 3.05) is 85.0 Å². The van der Waals surface area contributed by atoms with Gasteiger partial charge in [-0.25, -0.2) is 19.5 Å². The molecule has 0 bridgehead atoms. The third-order valence-electron chi connectivity index (χ3n) is 13.8. The molecule has 3 fully saturated rings. The average molecular weight is 1640 g/mol. The van der Waals surface area contributed by atoms with Crippen LogP contribution in [0.4, 0.5) is 9.93 Å². The molecule has 672 valence electrons. The van der Waals surface area contributed by atoms with Gasteiger partial charge in [0.1, 0.15) is 17.6 Å². The van der Waals surface area contributed by atoms with Crippen molar-refractivity contribution in [3.05, 3.63) is 74.3 Å². The lowest BCUT2D eigenvalue weighted by molar-refractivity contribution is -0.134. The van der Waals surface area contributed by atoms with Crippen molar-refractivity contribution in [1.82, 2.24) is 75.4 Å². The van der Waals surface area contributed by atoms with Crippen molar-refractivity contribution in [2.45, 2.75) is 350 Å². The molecule has 8 rings (SSSR count). The first-order chi connectivity index (χ1) is 52.3. The number of carbonyl (C=O) groups is 6. The van der Waals surface area contributed by atoms with E-state index in [4.69, 9.17) is 19.4 Å². The van der Waals surface area contributed by atoms with E-state index in [2.05, 4.69) is 163 Å². The van der Waals surface area contributed by atoms with Gasteiger partial charge in [-0.3, -0.25) is 43.3 Å². The van der Waals surface area contributed by atoms with Crippen LogP contribution in [-0.2, 0) is 50.6 Å². The van der Waals surface area contributed by atoms with Crippen molar-refractivity contribution in [3.63, 3.8) is 0 Å². The molecular weight excluding hydrogens is 1460 g/mol. The first-order valence-corrected chi connectivity index (χ1v) is 42.0. The zero-order valence-corrected chi connectivity index (χ0v) is 82.3. The quantitative estimate of drug-likeness (QED) is 0.0880. The number of aldehydes is 1. The molecule has 5 amide bonds. The van der Waals surface area contributed by atoms with E-state index in [0.29, 0.717) is 5.91 Å². The topological polar surface area (TPSA) is 345 Å². The van der Waals surface area contributed by atoms with Crippen molar-refractivity contribution in [1.29, 1.82) is 0 Å². The van der Waals surface area contributed by atoms with Gasteiger partial charge >= 0.3 is 17.4 Å². The van der Waals surface area contributed by atoms with Gasteiger partial charge in [0.25, 0.3) is 5.97 Å². The number of urea groups is 1. The van der Waals surface area contributed by atoms with Crippen LogP contribution in [0.15, 0.2) is 57.2 Å². The normalized spacial score (nSPS) is 13.2. The zero-order valence-electron chi connectivity index (χ0n) is 81.5. The van der Waals surface area contributed by atoms with Gasteiger partial charge in [0.15, 0.2) is 0 Å². The molecule has 27 nitrogen and oxygen atoms in total. The lowest BCUT2D eigenvalue weighted by Crippen LogP contribution is -2.43. The van der Waals surface area contributed by atoms with Gasteiger partial charge in [0.2, 0.25) is 22.9 Å². The maximum absolute atomic E-state index is 11.6. The maximum atomic E-state index is 11.6. The molecule has 0 saturated carbocycles. The van der Waals surface area contributed by atoms with Crippen LogP contribution in [0.25, 0.3) is 0 Å². The van der Waals surface area contributed by atoms with Gasteiger partial charge in [0, 0.05) is 152 Å². The van der Waals surface area contributed by atoms with Gasteiger partial charge in [-0.1, -0.05) is 218 Å². The molecule has 4 aliphatic rings. The van der Waals surface area contributed by atoms with E-state index in [1.54, 1.807) is 46.1 Å². The van der Waals surface area contributed by atoms with Crippen LogP contribution in [-0.4, -0.2) is 197 Å². The van der Waals surface area contributed by atoms with Crippen LogP contribution >= 0.6 is 11.3 Å². The Morgan fingerprint density at radius 3 is 1.25 bits per heavy atom. The van der Waals surface area contributed by atoms with E-state index in [9.17, 15) is 28.8 Å². The monoisotopic (exact) mass is 1640 g/mol. The number of nitrogens with one attached hydrogen (secondary N) is 7. The fourth-order valence-corrected chi connectivity index (χ4v) is 8.88. The van der Waals surface area contributed by atoms with Crippen LogP contribution < -0.4 is 32.6 Å². The first-order valence-electron chi connectivity index (χ1n) is 41.2. The summed E-state index contributed by atoms with van der Waals surface area (Å²) in [5, 5.41) is 41.4. The Hall–Kier alpha value is -7.33. The number of anilines is 1. The number of ether oxygens (including phenoxy) is 1. The molecule has 4 aliphatic heterocycles. The minimum atomic E-state index is -0.833.